The van der Waals surface area contributed by atoms with Gasteiger partial charge < -0.3 is 10.2 Å². The van der Waals surface area contributed by atoms with Crippen LogP contribution in [0, 0.1) is 0 Å². The average Bonchev–Trinajstić information content (AvgIpc) is 3.22. The zero-order valence-electron chi connectivity index (χ0n) is 13.0. The molecule has 1 aliphatic carbocycles. The number of unbranched alkanes of at least 4 members (excludes halogenated alkanes) is 3. The van der Waals surface area contributed by atoms with E-state index in [9.17, 15) is 0 Å². The molecule has 1 saturated carbocycles. The molecular weight excluding hydrogens is 234 g/mol. The molecule has 0 radical (unpaired) electrons. The minimum atomic E-state index is 0.751. The molecule has 0 amide bonds. The predicted octanol–water partition coefficient (Wildman–Crippen LogP) is 2.32. The quantitative estimate of drug-likeness (QED) is 0.647. The van der Waals surface area contributed by atoms with Crippen molar-refractivity contribution >= 4 is 0 Å². The van der Waals surface area contributed by atoms with Gasteiger partial charge >= 0.3 is 0 Å². The fourth-order valence-electron chi connectivity index (χ4n) is 3.15. The molecule has 0 aromatic carbocycles. The summed E-state index contributed by atoms with van der Waals surface area (Å²) in [5.74, 6) is 0. The van der Waals surface area contributed by atoms with Gasteiger partial charge in [-0.15, -0.1) is 0 Å². The molecule has 1 atom stereocenters. The van der Waals surface area contributed by atoms with Gasteiger partial charge in [0.05, 0.1) is 0 Å². The van der Waals surface area contributed by atoms with Gasteiger partial charge in [-0.05, 0) is 52.2 Å². The largest absolute Gasteiger partial charge is 0.314 e. The van der Waals surface area contributed by atoms with Crippen molar-refractivity contribution in [3.63, 3.8) is 0 Å². The number of hydrogen-bond acceptors (Lipinski definition) is 3. The van der Waals surface area contributed by atoms with Crippen LogP contribution in [0.4, 0.5) is 0 Å². The van der Waals surface area contributed by atoms with Crippen LogP contribution in [0.1, 0.15) is 52.4 Å². The number of rotatable bonds is 9. The van der Waals surface area contributed by atoms with Gasteiger partial charge in [0.25, 0.3) is 0 Å². The third-order valence-electron chi connectivity index (χ3n) is 4.67. The van der Waals surface area contributed by atoms with Gasteiger partial charge in [0, 0.05) is 31.7 Å². The van der Waals surface area contributed by atoms with E-state index >= 15 is 0 Å². The maximum atomic E-state index is 3.60. The number of nitrogens with zero attached hydrogens (tertiary/aromatic N) is 2. The Kier molecular flexibility index (Phi) is 6.62. The van der Waals surface area contributed by atoms with Crippen LogP contribution < -0.4 is 5.32 Å². The van der Waals surface area contributed by atoms with E-state index in [1.807, 2.05) is 0 Å². The molecule has 0 aromatic rings. The predicted molar refractivity (Wildman–Crippen MR) is 82.6 cm³/mol. The van der Waals surface area contributed by atoms with Crippen LogP contribution in [0.15, 0.2) is 0 Å². The Morgan fingerprint density at radius 3 is 2.53 bits per heavy atom. The molecule has 0 aromatic heterocycles. The second-order valence-corrected chi connectivity index (χ2v) is 6.42. The molecule has 2 fully saturated rings. The molecule has 1 N–H and O–H groups in total. The van der Waals surface area contributed by atoms with Gasteiger partial charge in [0.15, 0.2) is 0 Å². The molecule has 3 heteroatoms. The molecule has 3 nitrogen and oxygen atoms in total. The highest BCUT2D eigenvalue weighted by Crippen LogP contribution is 2.18. The Morgan fingerprint density at radius 2 is 1.84 bits per heavy atom. The first kappa shape index (κ1) is 15.3. The Hall–Kier alpha value is -0.120. The van der Waals surface area contributed by atoms with Crippen LogP contribution in [-0.2, 0) is 0 Å². The van der Waals surface area contributed by atoms with E-state index in [2.05, 4.69) is 29.0 Å². The lowest BCUT2D eigenvalue weighted by atomic mass is 10.1. The molecule has 1 aliphatic heterocycles. The first-order chi connectivity index (χ1) is 9.29. The van der Waals surface area contributed by atoms with Gasteiger partial charge in [-0.2, -0.15) is 0 Å². The van der Waals surface area contributed by atoms with E-state index in [1.165, 1.54) is 77.8 Å². The summed E-state index contributed by atoms with van der Waals surface area (Å²) in [6.07, 6.45) is 8.42. The van der Waals surface area contributed by atoms with Crippen molar-refractivity contribution in [1.82, 2.24) is 15.1 Å². The third-order valence-corrected chi connectivity index (χ3v) is 4.67. The topological polar surface area (TPSA) is 18.5 Å². The van der Waals surface area contributed by atoms with Crippen LogP contribution in [0.3, 0.4) is 0 Å². The smallest absolute Gasteiger partial charge is 0.0195 e. The lowest BCUT2D eigenvalue weighted by molar-refractivity contribution is 0.0869. The van der Waals surface area contributed by atoms with E-state index in [1.54, 1.807) is 0 Å². The van der Waals surface area contributed by atoms with E-state index in [4.69, 9.17) is 0 Å². The molecule has 2 aliphatic rings. The van der Waals surface area contributed by atoms with E-state index in [0.29, 0.717) is 0 Å². The molecule has 19 heavy (non-hydrogen) atoms. The number of piperazine rings is 1. The molecule has 112 valence electrons. The highest BCUT2D eigenvalue weighted by atomic mass is 15.3. The maximum Gasteiger partial charge on any atom is 0.0195 e. The summed E-state index contributed by atoms with van der Waals surface area (Å²) in [4.78, 5) is 5.26. The third kappa shape index (κ3) is 5.80. The van der Waals surface area contributed by atoms with Gasteiger partial charge in [0.2, 0.25) is 0 Å². The molecule has 0 bridgehead atoms. The molecule has 1 heterocycles. The minimum absolute atomic E-state index is 0.751. The van der Waals surface area contributed by atoms with Crippen molar-refractivity contribution in [3.05, 3.63) is 0 Å². The Morgan fingerprint density at radius 1 is 1.05 bits per heavy atom. The lowest BCUT2D eigenvalue weighted by Crippen LogP contribution is -2.51. The summed E-state index contributed by atoms with van der Waals surface area (Å²) in [5, 5.41) is 3.60. The lowest BCUT2D eigenvalue weighted by Gasteiger charge is -2.39. The monoisotopic (exact) mass is 267 g/mol. The SMILES string of the molecule is CCN1CCN(CCCCCCNC2CC2)CC1C. The molecule has 1 unspecified atom stereocenters. The average molecular weight is 267 g/mol. The van der Waals surface area contributed by atoms with Crippen molar-refractivity contribution in [1.29, 1.82) is 0 Å². The van der Waals surface area contributed by atoms with Crippen LogP contribution in [-0.4, -0.2) is 61.2 Å². The van der Waals surface area contributed by atoms with Crippen molar-refractivity contribution in [2.75, 3.05) is 39.3 Å². The molecule has 0 spiro atoms. The van der Waals surface area contributed by atoms with Gasteiger partial charge in [0.1, 0.15) is 0 Å². The second kappa shape index (κ2) is 8.23. The van der Waals surface area contributed by atoms with E-state index in [-0.39, 0.29) is 0 Å². The fourth-order valence-corrected chi connectivity index (χ4v) is 3.15. The van der Waals surface area contributed by atoms with Gasteiger partial charge in [-0.1, -0.05) is 19.8 Å². The Bertz CT molecular complexity index is 240. The first-order valence-corrected chi connectivity index (χ1v) is 8.49. The number of likely N-dealkylation sites (N-methyl/N-ethyl adjacent to an activating group) is 1. The Balaban J connectivity index is 1.42. The van der Waals surface area contributed by atoms with Crippen molar-refractivity contribution in [2.45, 2.75) is 64.5 Å². The summed E-state index contributed by atoms with van der Waals surface area (Å²) >= 11 is 0. The minimum Gasteiger partial charge on any atom is -0.314 e. The highest BCUT2D eigenvalue weighted by Gasteiger charge is 2.21. The highest BCUT2D eigenvalue weighted by molar-refractivity contribution is 4.80. The maximum absolute atomic E-state index is 3.60. The molecule has 1 saturated heterocycles. The zero-order valence-corrected chi connectivity index (χ0v) is 13.0. The van der Waals surface area contributed by atoms with Crippen LogP contribution in [0.5, 0.6) is 0 Å². The van der Waals surface area contributed by atoms with Crippen molar-refractivity contribution < 1.29 is 0 Å². The number of hydrogen-bond donors (Lipinski definition) is 1. The summed E-state index contributed by atoms with van der Waals surface area (Å²) in [6, 6.07) is 1.64. The second-order valence-electron chi connectivity index (χ2n) is 6.42. The normalized spacial score (nSPS) is 25.9. The molecule has 2 rings (SSSR count). The standard InChI is InChI=1S/C16H33N3/c1-3-19-13-12-18(14-15(19)2)11-7-5-4-6-10-17-16-8-9-16/h15-17H,3-14H2,1-2H3. The van der Waals surface area contributed by atoms with E-state index < -0.39 is 0 Å². The first-order valence-electron chi connectivity index (χ1n) is 8.49. The van der Waals surface area contributed by atoms with E-state index in [0.717, 1.165) is 12.1 Å². The summed E-state index contributed by atoms with van der Waals surface area (Å²) in [7, 11) is 0. The van der Waals surface area contributed by atoms with Crippen LogP contribution >= 0.6 is 0 Å². The number of nitrogens with one attached hydrogen (secondary N) is 1. The van der Waals surface area contributed by atoms with Crippen LogP contribution in [0.2, 0.25) is 0 Å². The van der Waals surface area contributed by atoms with Crippen molar-refractivity contribution in [2.24, 2.45) is 0 Å². The fraction of sp³-hybridized carbons (Fsp3) is 1.00. The summed E-state index contributed by atoms with van der Waals surface area (Å²) in [6.45, 7) is 12.3. The summed E-state index contributed by atoms with van der Waals surface area (Å²) in [5.41, 5.74) is 0. The zero-order chi connectivity index (χ0) is 13.5. The Labute approximate surface area is 119 Å². The van der Waals surface area contributed by atoms with Gasteiger partial charge in [-0.3, -0.25) is 4.90 Å². The molecular formula is C16H33N3. The van der Waals surface area contributed by atoms with Gasteiger partial charge in [-0.25, -0.2) is 0 Å². The van der Waals surface area contributed by atoms with Crippen molar-refractivity contribution in [3.8, 4) is 0 Å². The summed E-state index contributed by atoms with van der Waals surface area (Å²) < 4.78 is 0. The van der Waals surface area contributed by atoms with Crippen LogP contribution in [0.25, 0.3) is 0 Å².